The van der Waals surface area contributed by atoms with Crippen LogP contribution in [-0.2, 0) is 22.6 Å². The number of hydrogen-bond acceptors (Lipinski definition) is 9. The first-order valence-corrected chi connectivity index (χ1v) is 20.5. The third-order valence-electron chi connectivity index (χ3n) is 8.58. The fourth-order valence-corrected chi connectivity index (χ4v) is 8.10. The van der Waals surface area contributed by atoms with Crippen LogP contribution in [0.4, 0.5) is 4.79 Å². The van der Waals surface area contributed by atoms with Gasteiger partial charge in [-0.15, -0.1) is 11.3 Å². The van der Waals surface area contributed by atoms with Gasteiger partial charge < -0.3 is 24.2 Å². The zero-order valence-corrected chi connectivity index (χ0v) is 29.2. The molecule has 0 aliphatic heterocycles. The van der Waals surface area contributed by atoms with Crippen molar-refractivity contribution in [1.29, 1.82) is 0 Å². The maximum absolute atomic E-state index is 12.6. The van der Waals surface area contributed by atoms with E-state index in [1.807, 2.05) is 40.1 Å². The van der Waals surface area contributed by atoms with Crippen molar-refractivity contribution in [2.45, 2.75) is 128 Å². The maximum atomic E-state index is 12.6. The van der Waals surface area contributed by atoms with Gasteiger partial charge >= 0.3 is 6.09 Å². The molecule has 3 aromatic rings. The molecule has 242 valence electrons. The summed E-state index contributed by atoms with van der Waals surface area (Å²) in [5, 5.41) is 16.8. The van der Waals surface area contributed by atoms with Crippen LogP contribution in [0.5, 0.6) is 5.88 Å². The summed E-state index contributed by atoms with van der Waals surface area (Å²) in [6.07, 6.45) is 8.44. The van der Waals surface area contributed by atoms with E-state index in [-0.39, 0.29) is 24.2 Å². The zero-order valence-electron chi connectivity index (χ0n) is 27.3. The summed E-state index contributed by atoms with van der Waals surface area (Å²) >= 11 is 1.71. The molecule has 1 amide bonds. The first-order chi connectivity index (χ1) is 20.8. The van der Waals surface area contributed by atoms with E-state index in [2.05, 4.69) is 34.7 Å². The van der Waals surface area contributed by atoms with E-state index in [0.717, 1.165) is 61.4 Å². The number of ether oxygens (including phenoxy) is 3. The molecule has 3 aromatic heterocycles. The van der Waals surface area contributed by atoms with Crippen molar-refractivity contribution in [3.63, 3.8) is 0 Å². The van der Waals surface area contributed by atoms with Gasteiger partial charge in [-0.3, -0.25) is 0 Å². The molecule has 0 saturated heterocycles. The number of nitrogens with zero attached hydrogens (tertiary/aromatic N) is 5. The molecule has 10 nitrogen and oxygen atoms in total. The van der Waals surface area contributed by atoms with Crippen molar-refractivity contribution in [3.05, 3.63) is 34.7 Å². The number of aromatic nitrogens is 4. The fraction of sp³-hybridized carbons (Fsp3) is 0.688. The average Bonchev–Trinajstić information content (AvgIpc) is 3.66. The molecule has 0 radical (unpaired) electrons. The summed E-state index contributed by atoms with van der Waals surface area (Å²) in [6.45, 7) is 13.8. The van der Waals surface area contributed by atoms with Crippen molar-refractivity contribution in [2.75, 3.05) is 13.7 Å². The molecule has 0 aromatic carbocycles. The lowest BCUT2D eigenvalue weighted by Gasteiger charge is -2.35. The topological polar surface area (TPSA) is 112 Å². The number of rotatable bonds is 11. The van der Waals surface area contributed by atoms with E-state index < -0.39 is 19.8 Å². The molecule has 5 rings (SSSR count). The highest BCUT2D eigenvalue weighted by Gasteiger charge is 2.34. The highest BCUT2D eigenvalue weighted by Crippen LogP contribution is 2.49. The zero-order chi connectivity index (χ0) is 31.6. The number of carbonyl (C=O) groups is 1. The van der Waals surface area contributed by atoms with E-state index in [1.54, 1.807) is 27.2 Å². The van der Waals surface area contributed by atoms with E-state index in [9.17, 15) is 9.90 Å². The monoisotopic (exact) mass is 643 g/mol. The van der Waals surface area contributed by atoms with Crippen LogP contribution >= 0.6 is 11.3 Å². The number of amides is 1. The SMILES string of the molecule is CN(C(=O)OC(C)(C)C)C1CCC(Oc2ncnc3sc4c(c23)[C@@H](C[C@@H](O)c2ccn(COCC[Si](C)(C)C)n2)CC4)CC1. The highest BCUT2D eigenvalue weighted by atomic mass is 32.1. The number of aryl methyl sites for hydroxylation is 1. The van der Waals surface area contributed by atoms with Crippen LogP contribution in [0, 0.1) is 0 Å². The summed E-state index contributed by atoms with van der Waals surface area (Å²) in [4.78, 5) is 25.7. The predicted molar refractivity (Wildman–Crippen MR) is 175 cm³/mol. The van der Waals surface area contributed by atoms with Gasteiger partial charge in [-0.05, 0) is 89.3 Å². The molecular formula is C32H49N5O5SSi. The van der Waals surface area contributed by atoms with Crippen LogP contribution < -0.4 is 4.74 Å². The summed E-state index contributed by atoms with van der Waals surface area (Å²) in [5.74, 6) is 0.816. The molecule has 1 saturated carbocycles. The van der Waals surface area contributed by atoms with Gasteiger partial charge in [-0.25, -0.2) is 19.4 Å². The number of aliphatic hydroxyl groups is 1. The number of hydrogen-bond donors (Lipinski definition) is 1. The van der Waals surface area contributed by atoms with Crippen LogP contribution in [0.15, 0.2) is 18.6 Å². The molecule has 2 aliphatic carbocycles. The van der Waals surface area contributed by atoms with Crippen LogP contribution in [-0.4, -0.2) is 75.3 Å². The summed E-state index contributed by atoms with van der Waals surface area (Å²) < 4.78 is 19.7. The summed E-state index contributed by atoms with van der Waals surface area (Å²) in [5.41, 5.74) is 1.39. The van der Waals surface area contributed by atoms with Crippen molar-refractivity contribution in [2.24, 2.45) is 0 Å². The predicted octanol–water partition coefficient (Wildman–Crippen LogP) is 6.91. The Balaban J connectivity index is 1.21. The lowest BCUT2D eigenvalue weighted by molar-refractivity contribution is 0.0137. The minimum atomic E-state index is -1.14. The van der Waals surface area contributed by atoms with Crippen molar-refractivity contribution in [3.8, 4) is 5.88 Å². The second kappa shape index (κ2) is 13.4. The van der Waals surface area contributed by atoms with Crippen LogP contribution in [0.2, 0.25) is 25.7 Å². The van der Waals surface area contributed by atoms with Crippen LogP contribution in [0.1, 0.15) is 87.5 Å². The van der Waals surface area contributed by atoms with Crippen molar-refractivity contribution >= 4 is 35.7 Å². The van der Waals surface area contributed by atoms with Gasteiger partial charge in [0.2, 0.25) is 5.88 Å². The normalized spacial score (nSPS) is 21.3. The number of fused-ring (bicyclic) bond motifs is 3. The largest absolute Gasteiger partial charge is 0.474 e. The minimum Gasteiger partial charge on any atom is -0.474 e. The number of carbonyl (C=O) groups excluding carboxylic acids is 1. The average molecular weight is 644 g/mol. The molecule has 0 unspecified atom stereocenters. The standard InChI is InChI=1S/C32H49N5O5SSi/c1-32(2,3)42-31(39)36(4)22-9-11-23(12-10-22)41-29-28-27-21(8-13-26(27)43-30(28)34-19-33-29)18-25(38)24-14-15-37(35-24)20-40-16-17-44(5,6)7/h14-15,19,21-23,25,38H,8-13,16-18,20H2,1-7H3/t21-,22?,23?,25-/m1/s1. The molecule has 0 bridgehead atoms. The Bertz CT molecular complexity index is 1420. The van der Waals surface area contributed by atoms with Gasteiger partial charge in [0, 0.05) is 38.8 Å². The third kappa shape index (κ3) is 8.18. The molecular weight excluding hydrogens is 595 g/mol. The molecule has 1 fully saturated rings. The van der Waals surface area contributed by atoms with Crippen molar-refractivity contribution < 1.29 is 24.1 Å². The van der Waals surface area contributed by atoms with Gasteiger partial charge in [0.1, 0.15) is 29.6 Å². The van der Waals surface area contributed by atoms with Gasteiger partial charge in [0.05, 0.1) is 17.2 Å². The van der Waals surface area contributed by atoms with Crippen molar-refractivity contribution in [1.82, 2.24) is 24.6 Å². The van der Waals surface area contributed by atoms with E-state index in [4.69, 9.17) is 14.2 Å². The van der Waals surface area contributed by atoms with Crippen LogP contribution in [0.25, 0.3) is 10.2 Å². The number of thiophene rings is 1. The fourth-order valence-electron chi connectivity index (χ4n) is 6.11. The van der Waals surface area contributed by atoms with E-state index >= 15 is 0 Å². The lowest BCUT2D eigenvalue weighted by Crippen LogP contribution is -2.43. The first-order valence-electron chi connectivity index (χ1n) is 16.0. The van der Waals surface area contributed by atoms with E-state index in [0.29, 0.717) is 24.7 Å². The van der Waals surface area contributed by atoms with Gasteiger partial charge in [0.25, 0.3) is 0 Å². The minimum absolute atomic E-state index is 0.0225. The molecule has 2 atom stereocenters. The molecule has 0 spiro atoms. The Morgan fingerprint density at radius 1 is 1.18 bits per heavy atom. The Morgan fingerprint density at radius 2 is 1.93 bits per heavy atom. The Hall–Kier alpha value is -2.54. The molecule has 44 heavy (non-hydrogen) atoms. The Morgan fingerprint density at radius 3 is 2.64 bits per heavy atom. The smallest absolute Gasteiger partial charge is 0.410 e. The second-order valence-electron chi connectivity index (χ2n) is 14.6. The number of aliphatic hydroxyl groups excluding tert-OH is 1. The molecule has 2 aliphatic rings. The second-order valence-corrected chi connectivity index (χ2v) is 21.3. The quantitative estimate of drug-likeness (QED) is 0.177. The summed E-state index contributed by atoms with van der Waals surface area (Å²) in [7, 11) is 0.689. The van der Waals surface area contributed by atoms with Gasteiger partial charge in [-0.2, -0.15) is 5.10 Å². The summed E-state index contributed by atoms with van der Waals surface area (Å²) in [6, 6.07) is 3.14. The Kier molecular flexibility index (Phi) is 10.0. The third-order valence-corrected chi connectivity index (χ3v) is 11.5. The Labute approximate surface area is 266 Å². The van der Waals surface area contributed by atoms with Crippen LogP contribution in [0.3, 0.4) is 0 Å². The molecule has 1 N–H and O–H groups in total. The van der Waals surface area contributed by atoms with E-state index in [1.165, 1.54) is 10.4 Å². The van der Waals surface area contributed by atoms with Gasteiger partial charge in [-0.1, -0.05) is 19.6 Å². The molecule has 12 heteroatoms. The first kappa shape index (κ1) is 32.8. The molecule has 3 heterocycles. The lowest BCUT2D eigenvalue weighted by atomic mass is 9.92. The highest BCUT2D eigenvalue weighted by molar-refractivity contribution is 7.19. The maximum Gasteiger partial charge on any atom is 0.410 e. The van der Waals surface area contributed by atoms with Gasteiger partial charge in [0.15, 0.2) is 0 Å².